The van der Waals surface area contributed by atoms with Crippen molar-refractivity contribution in [3.05, 3.63) is 50.7 Å². The number of rotatable bonds is 2. The Bertz CT molecular complexity index is 676. The van der Waals surface area contributed by atoms with E-state index in [2.05, 4.69) is 20.3 Å². The van der Waals surface area contributed by atoms with Gasteiger partial charge in [0, 0.05) is 23.7 Å². The highest BCUT2D eigenvalue weighted by Crippen LogP contribution is 2.10. The van der Waals surface area contributed by atoms with E-state index in [-0.39, 0.29) is 22.1 Å². The van der Waals surface area contributed by atoms with Gasteiger partial charge in [-0.2, -0.15) is 0 Å². The molecule has 98 valence electrons. The number of nitrogens with one attached hydrogen (secondary N) is 2. The molecular weight excluding hydrogens is 268 g/mol. The molecule has 0 spiro atoms. The number of hydrogen-bond acceptors (Lipinski definition) is 4. The Morgan fingerprint density at radius 2 is 2.05 bits per heavy atom. The molecule has 0 aliphatic heterocycles. The molecule has 0 aromatic carbocycles. The number of pyridine rings is 1. The SMILES string of the molecule is Cc1cc(Cl)nc(NC(=O)c2c[nH]c(C)cc2=O)n1. The molecule has 19 heavy (non-hydrogen) atoms. The summed E-state index contributed by atoms with van der Waals surface area (Å²) < 4.78 is 0. The molecule has 0 fully saturated rings. The predicted molar refractivity (Wildman–Crippen MR) is 71.5 cm³/mol. The van der Waals surface area contributed by atoms with Crippen LogP contribution >= 0.6 is 11.6 Å². The lowest BCUT2D eigenvalue weighted by Gasteiger charge is -2.04. The van der Waals surface area contributed by atoms with Gasteiger partial charge in [-0.3, -0.25) is 14.9 Å². The molecule has 0 saturated heterocycles. The van der Waals surface area contributed by atoms with E-state index < -0.39 is 5.91 Å². The Balaban J connectivity index is 2.28. The van der Waals surface area contributed by atoms with Crippen molar-refractivity contribution in [2.24, 2.45) is 0 Å². The van der Waals surface area contributed by atoms with Gasteiger partial charge < -0.3 is 4.98 Å². The fraction of sp³-hybridized carbons (Fsp3) is 0.167. The summed E-state index contributed by atoms with van der Waals surface area (Å²) in [6.07, 6.45) is 1.35. The molecule has 7 heteroatoms. The molecule has 1 amide bonds. The standard InChI is InChI=1S/C12H11ClN4O2/c1-6-3-9(18)8(5-14-6)11(19)17-12-15-7(2)4-10(13)16-12/h3-5H,1-2H3,(H,14,18)(H,15,16,17,19). The molecule has 0 aliphatic carbocycles. The molecule has 2 N–H and O–H groups in total. The summed E-state index contributed by atoms with van der Waals surface area (Å²) in [5.41, 5.74) is 0.920. The average molecular weight is 279 g/mol. The van der Waals surface area contributed by atoms with Crippen molar-refractivity contribution in [1.82, 2.24) is 15.0 Å². The molecule has 2 aromatic rings. The Kier molecular flexibility index (Phi) is 3.62. The number of hydrogen-bond donors (Lipinski definition) is 2. The zero-order chi connectivity index (χ0) is 14.0. The molecule has 0 atom stereocenters. The van der Waals surface area contributed by atoms with Gasteiger partial charge in [0.2, 0.25) is 5.95 Å². The summed E-state index contributed by atoms with van der Waals surface area (Å²) in [5.74, 6) is -0.516. The number of nitrogens with zero attached hydrogens (tertiary/aromatic N) is 2. The predicted octanol–water partition coefficient (Wildman–Crippen LogP) is 1.69. The zero-order valence-electron chi connectivity index (χ0n) is 10.3. The van der Waals surface area contributed by atoms with Crippen LogP contribution in [0.25, 0.3) is 0 Å². The second kappa shape index (κ2) is 5.19. The molecule has 0 aliphatic rings. The van der Waals surface area contributed by atoms with E-state index >= 15 is 0 Å². The number of anilines is 1. The first kappa shape index (κ1) is 13.2. The summed E-state index contributed by atoms with van der Waals surface area (Å²) in [5, 5.41) is 2.66. The normalized spacial score (nSPS) is 10.3. The number of aryl methyl sites for hydroxylation is 2. The van der Waals surface area contributed by atoms with Gasteiger partial charge in [-0.05, 0) is 19.9 Å². The van der Waals surface area contributed by atoms with E-state index in [4.69, 9.17) is 11.6 Å². The molecule has 0 bridgehead atoms. The van der Waals surface area contributed by atoms with E-state index in [9.17, 15) is 9.59 Å². The van der Waals surface area contributed by atoms with Crippen LogP contribution in [0.4, 0.5) is 5.95 Å². The highest BCUT2D eigenvalue weighted by molar-refractivity contribution is 6.29. The van der Waals surface area contributed by atoms with Crippen molar-refractivity contribution in [3.63, 3.8) is 0 Å². The van der Waals surface area contributed by atoms with Crippen LogP contribution in [0.5, 0.6) is 0 Å². The fourth-order valence-corrected chi connectivity index (χ4v) is 1.74. The van der Waals surface area contributed by atoms with Gasteiger partial charge in [0.1, 0.15) is 10.7 Å². The smallest absolute Gasteiger partial charge is 0.263 e. The third kappa shape index (κ3) is 3.17. The Morgan fingerprint density at radius 1 is 1.32 bits per heavy atom. The number of carbonyl (C=O) groups is 1. The van der Waals surface area contributed by atoms with E-state index in [0.29, 0.717) is 11.4 Å². The van der Waals surface area contributed by atoms with Gasteiger partial charge in [0.25, 0.3) is 5.91 Å². The summed E-state index contributed by atoms with van der Waals surface area (Å²) in [6.45, 7) is 3.45. The van der Waals surface area contributed by atoms with Gasteiger partial charge in [-0.1, -0.05) is 11.6 Å². The molecular formula is C12H11ClN4O2. The number of halogens is 1. The summed E-state index contributed by atoms with van der Waals surface area (Å²) in [7, 11) is 0. The Labute approximate surface area is 113 Å². The van der Waals surface area contributed by atoms with Gasteiger partial charge in [0.05, 0.1) is 0 Å². The average Bonchev–Trinajstić information content (AvgIpc) is 2.26. The first-order valence-electron chi connectivity index (χ1n) is 5.47. The van der Waals surface area contributed by atoms with Gasteiger partial charge in [0.15, 0.2) is 5.43 Å². The highest BCUT2D eigenvalue weighted by Gasteiger charge is 2.12. The first-order valence-corrected chi connectivity index (χ1v) is 5.85. The van der Waals surface area contributed by atoms with Crippen molar-refractivity contribution in [2.45, 2.75) is 13.8 Å². The molecule has 0 saturated carbocycles. The molecule has 2 heterocycles. The minimum Gasteiger partial charge on any atom is -0.364 e. The zero-order valence-corrected chi connectivity index (χ0v) is 11.1. The summed E-state index contributed by atoms with van der Waals surface area (Å²) >= 11 is 5.76. The van der Waals surface area contributed by atoms with Gasteiger partial charge in [-0.25, -0.2) is 9.97 Å². The second-order valence-electron chi connectivity index (χ2n) is 4.00. The van der Waals surface area contributed by atoms with Crippen LogP contribution in [0.15, 0.2) is 23.1 Å². The Morgan fingerprint density at radius 3 is 2.68 bits per heavy atom. The molecule has 0 radical (unpaired) electrons. The van der Waals surface area contributed by atoms with Crippen LogP contribution in [0.1, 0.15) is 21.7 Å². The maximum Gasteiger partial charge on any atom is 0.263 e. The van der Waals surface area contributed by atoms with Crippen molar-refractivity contribution in [3.8, 4) is 0 Å². The van der Waals surface area contributed by atoms with Crippen LogP contribution in [-0.2, 0) is 0 Å². The van der Waals surface area contributed by atoms with Crippen LogP contribution in [-0.4, -0.2) is 20.9 Å². The van der Waals surface area contributed by atoms with E-state index in [1.165, 1.54) is 12.3 Å². The van der Waals surface area contributed by atoms with Crippen molar-refractivity contribution >= 4 is 23.5 Å². The second-order valence-corrected chi connectivity index (χ2v) is 4.39. The quantitative estimate of drug-likeness (QED) is 0.818. The fourth-order valence-electron chi connectivity index (χ4n) is 1.51. The third-order valence-corrected chi connectivity index (χ3v) is 2.54. The summed E-state index contributed by atoms with van der Waals surface area (Å²) in [4.78, 5) is 34.2. The van der Waals surface area contributed by atoms with Crippen LogP contribution in [0, 0.1) is 13.8 Å². The molecule has 2 rings (SSSR count). The summed E-state index contributed by atoms with van der Waals surface area (Å²) in [6, 6.07) is 2.91. The minimum absolute atomic E-state index is 0.00757. The maximum atomic E-state index is 11.9. The molecule has 0 unspecified atom stereocenters. The maximum absolute atomic E-state index is 11.9. The van der Waals surface area contributed by atoms with E-state index in [1.807, 2.05) is 0 Å². The van der Waals surface area contributed by atoms with Crippen LogP contribution in [0.3, 0.4) is 0 Å². The van der Waals surface area contributed by atoms with Crippen LogP contribution < -0.4 is 10.7 Å². The number of carbonyl (C=O) groups excluding carboxylic acids is 1. The lowest BCUT2D eigenvalue weighted by Crippen LogP contribution is -2.22. The van der Waals surface area contributed by atoms with E-state index in [0.717, 1.165) is 0 Å². The minimum atomic E-state index is -0.581. The first-order chi connectivity index (χ1) is 8.95. The number of aromatic nitrogens is 3. The molecule has 2 aromatic heterocycles. The largest absolute Gasteiger partial charge is 0.364 e. The van der Waals surface area contributed by atoms with Crippen molar-refractivity contribution < 1.29 is 4.79 Å². The van der Waals surface area contributed by atoms with Gasteiger partial charge in [-0.15, -0.1) is 0 Å². The topological polar surface area (TPSA) is 87.7 Å². The van der Waals surface area contributed by atoms with Crippen molar-refractivity contribution in [2.75, 3.05) is 5.32 Å². The number of aromatic amines is 1. The van der Waals surface area contributed by atoms with Crippen LogP contribution in [0.2, 0.25) is 5.15 Å². The number of H-pyrrole nitrogens is 1. The van der Waals surface area contributed by atoms with Gasteiger partial charge >= 0.3 is 0 Å². The Hall–Kier alpha value is -2.21. The monoisotopic (exact) mass is 278 g/mol. The lowest BCUT2D eigenvalue weighted by atomic mass is 10.2. The number of amides is 1. The highest BCUT2D eigenvalue weighted by atomic mass is 35.5. The molecule has 6 nitrogen and oxygen atoms in total. The van der Waals surface area contributed by atoms with E-state index in [1.54, 1.807) is 19.9 Å². The lowest BCUT2D eigenvalue weighted by molar-refractivity contribution is 0.102. The van der Waals surface area contributed by atoms with Crippen molar-refractivity contribution in [1.29, 1.82) is 0 Å². The third-order valence-electron chi connectivity index (χ3n) is 2.35.